The fraction of sp³-hybridized carbons (Fsp3) is 0.350. The van der Waals surface area contributed by atoms with Crippen LogP contribution in [0.25, 0.3) is 0 Å². The van der Waals surface area contributed by atoms with Crippen molar-refractivity contribution in [2.24, 2.45) is 5.84 Å². The van der Waals surface area contributed by atoms with E-state index in [1.807, 2.05) is 42.3 Å². The molecule has 1 amide bonds. The van der Waals surface area contributed by atoms with Crippen LogP contribution in [-0.4, -0.2) is 49.4 Å². The standard InChI is InChI=1S/C20H28N4O2/c1-23(12-13-24(2)15-20(25)22-21)14-17-8-10-19(11-9-17)26-16-18-6-4-3-5-7-18/h3-11H,12-16,21H2,1-2H3,(H,22,25). The summed E-state index contributed by atoms with van der Waals surface area (Å²) in [7, 11) is 3.97. The highest BCUT2D eigenvalue weighted by Gasteiger charge is 2.07. The van der Waals surface area contributed by atoms with Crippen molar-refractivity contribution in [1.29, 1.82) is 0 Å². The highest BCUT2D eigenvalue weighted by atomic mass is 16.5. The Balaban J connectivity index is 1.73. The lowest BCUT2D eigenvalue weighted by molar-refractivity contribution is -0.122. The SMILES string of the molecule is CN(CCN(C)Cc1ccc(OCc2ccccc2)cc1)CC(=O)NN. The van der Waals surface area contributed by atoms with Gasteiger partial charge in [-0.15, -0.1) is 0 Å². The molecule has 6 nitrogen and oxygen atoms in total. The van der Waals surface area contributed by atoms with Gasteiger partial charge in [-0.2, -0.15) is 0 Å². The van der Waals surface area contributed by atoms with E-state index in [1.165, 1.54) is 5.56 Å². The molecule has 0 spiro atoms. The fourth-order valence-electron chi connectivity index (χ4n) is 2.53. The van der Waals surface area contributed by atoms with Crippen LogP contribution in [0, 0.1) is 0 Å². The Labute approximate surface area is 155 Å². The van der Waals surface area contributed by atoms with Crippen molar-refractivity contribution in [2.75, 3.05) is 33.7 Å². The van der Waals surface area contributed by atoms with Crippen LogP contribution in [0.3, 0.4) is 0 Å². The molecule has 3 N–H and O–H groups in total. The van der Waals surface area contributed by atoms with Gasteiger partial charge >= 0.3 is 0 Å². The van der Waals surface area contributed by atoms with Gasteiger partial charge in [-0.1, -0.05) is 42.5 Å². The Bertz CT molecular complexity index is 661. The number of rotatable bonds is 10. The van der Waals surface area contributed by atoms with Crippen molar-refractivity contribution in [1.82, 2.24) is 15.2 Å². The minimum absolute atomic E-state index is 0.179. The molecule has 0 aliphatic rings. The highest BCUT2D eigenvalue weighted by molar-refractivity contribution is 5.77. The van der Waals surface area contributed by atoms with E-state index in [4.69, 9.17) is 10.6 Å². The second-order valence-corrected chi connectivity index (χ2v) is 6.46. The van der Waals surface area contributed by atoms with Crippen molar-refractivity contribution in [2.45, 2.75) is 13.2 Å². The van der Waals surface area contributed by atoms with Crippen LogP contribution in [0.15, 0.2) is 54.6 Å². The molecule has 0 radical (unpaired) electrons. The fourth-order valence-corrected chi connectivity index (χ4v) is 2.53. The number of carbonyl (C=O) groups excluding carboxylic acids is 1. The van der Waals surface area contributed by atoms with Gasteiger partial charge in [0.2, 0.25) is 5.91 Å². The third-order valence-corrected chi connectivity index (χ3v) is 4.06. The van der Waals surface area contributed by atoms with Gasteiger partial charge in [0.05, 0.1) is 6.54 Å². The molecule has 0 aromatic heterocycles. The molecule has 0 unspecified atom stereocenters. The van der Waals surface area contributed by atoms with Crippen LogP contribution in [0.5, 0.6) is 5.75 Å². The average molecular weight is 356 g/mol. The first kappa shape index (κ1) is 19.9. The number of hydrazine groups is 1. The second-order valence-electron chi connectivity index (χ2n) is 6.46. The maximum atomic E-state index is 11.2. The average Bonchev–Trinajstić information content (AvgIpc) is 2.66. The van der Waals surface area contributed by atoms with Crippen molar-refractivity contribution < 1.29 is 9.53 Å². The predicted molar refractivity (Wildman–Crippen MR) is 103 cm³/mol. The maximum Gasteiger partial charge on any atom is 0.248 e. The van der Waals surface area contributed by atoms with Crippen molar-refractivity contribution in [3.8, 4) is 5.75 Å². The molecule has 0 aliphatic heterocycles. The topological polar surface area (TPSA) is 70.8 Å². The molecule has 26 heavy (non-hydrogen) atoms. The van der Waals surface area contributed by atoms with E-state index in [0.717, 1.165) is 30.9 Å². The van der Waals surface area contributed by atoms with Gasteiger partial charge in [0, 0.05) is 19.6 Å². The van der Waals surface area contributed by atoms with Crippen LogP contribution >= 0.6 is 0 Å². The number of likely N-dealkylation sites (N-methyl/N-ethyl adjacent to an activating group) is 2. The Morgan fingerprint density at radius 3 is 2.27 bits per heavy atom. The number of hydrogen-bond acceptors (Lipinski definition) is 5. The third-order valence-electron chi connectivity index (χ3n) is 4.06. The first-order valence-corrected chi connectivity index (χ1v) is 8.69. The normalized spacial score (nSPS) is 11.0. The van der Waals surface area contributed by atoms with Gasteiger partial charge in [0.1, 0.15) is 12.4 Å². The molecule has 0 aliphatic carbocycles. The molecular formula is C20H28N4O2. The summed E-state index contributed by atoms with van der Waals surface area (Å²) in [6, 6.07) is 18.3. The Morgan fingerprint density at radius 1 is 0.962 bits per heavy atom. The zero-order chi connectivity index (χ0) is 18.8. The molecule has 0 fully saturated rings. The molecule has 6 heteroatoms. The van der Waals surface area contributed by atoms with Gasteiger partial charge in [0.15, 0.2) is 0 Å². The lowest BCUT2D eigenvalue weighted by Crippen LogP contribution is -2.41. The summed E-state index contributed by atoms with van der Waals surface area (Å²) in [6.07, 6.45) is 0. The molecule has 140 valence electrons. The molecule has 0 heterocycles. The van der Waals surface area contributed by atoms with Crippen LogP contribution in [-0.2, 0) is 17.9 Å². The molecular weight excluding hydrogens is 328 g/mol. The molecule has 0 atom stereocenters. The highest BCUT2D eigenvalue weighted by Crippen LogP contribution is 2.15. The molecule has 0 saturated heterocycles. The summed E-state index contributed by atoms with van der Waals surface area (Å²) in [6.45, 7) is 3.37. The smallest absolute Gasteiger partial charge is 0.248 e. The van der Waals surface area contributed by atoms with Crippen molar-refractivity contribution >= 4 is 5.91 Å². The zero-order valence-electron chi connectivity index (χ0n) is 15.5. The van der Waals surface area contributed by atoms with E-state index in [9.17, 15) is 4.79 Å². The first-order valence-electron chi connectivity index (χ1n) is 8.69. The van der Waals surface area contributed by atoms with Crippen LogP contribution in [0.2, 0.25) is 0 Å². The number of benzene rings is 2. The summed E-state index contributed by atoms with van der Waals surface area (Å²) in [5.74, 6) is 5.79. The van der Waals surface area contributed by atoms with Crippen molar-refractivity contribution in [3.63, 3.8) is 0 Å². The number of hydrogen-bond donors (Lipinski definition) is 2. The third kappa shape index (κ3) is 7.23. The Morgan fingerprint density at radius 2 is 1.62 bits per heavy atom. The minimum Gasteiger partial charge on any atom is -0.489 e. The van der Waals surface area contributed by atoms with Crippen molar-refractivity contribution in [3.05, 3.63) is 65.7 Å². The maximum absolute atomic E-state index is 11.2. The van der Waals surface area contributed by atoms with Gasteiger partial charge in [0.25, 0.3) is 0 Å². The number of nitrogens with one attached hydrogen (secondary N) is 1. The predicted octanol–water partition coefficient (Wildman–Crippen LogP) is 1.62. The monoisotopic (exact) mass is 356 g/mol. The summed E-state index contributed by atoms with van der Waals surface area (Å²) in [4.78, 5) is 15.4. The van der Waals surface area contributed by atoms with E-state index in [1.54, 1.807) is 0 Å². The van der Waals surface area contributed by atoms with E-state index >= 15 is 0 Å². The van der Waals surface area contributed by atoms with E-state index in [0.29, 0.717) is 13.2 Å². The van der Waals surface area contributed by atoms with Gasteiger partial charge < -0.3 is 9.64 Å². The first-order chi connectivity index (χ1) is 12.6. The Kier molecular flexibility index (Phi) is 8.08. The Hall–Kier alpha value is -2.41. The number of carbonyl (C=O) groups is 1. The number of nitrogens with zero attached hydrogens (tertiary/aromatic N) is 2. The summed E-state index contributed by atoms with van der Waals surface area (Å²) in [5.41, 5.74) is 4.52. The quantitative estimate of drug-likeness (QED) is 0.385. The second kappa shape index (κ2) is 10.6. The largest absolute Gasteiger partial charge is 0.489 e. The molecule has 2 rings (SSSR count). The van der Waals surface area contributed by atoms with Gasteiger partial charge in [-0.05, 0) is 37.4 Å². The summed E-state index contributed by atoms with van der Waals surface area (Å²) >= 11 is 0. The van der Waals surface area contributed by atoms with Gasteiger partial charge in [-0.3, -0.25) is 15.1 Å². The summed E-state index contributed by atoms with van der Waals surface area (Å²) < 4.78 is 5.81. The van der Waals surface area contributed by atoms with E-state index in [-0.39, 0.29) is 5.91 Å². The van der Waals surface area contributed by atoms with Crippen LogP contribution in [0.4, 0.5) is 0 Å². The van der Waals surface area contributed by atoms with Crippen LogP contribution < -0.4 is 16.0 Å². The van der Waals surface area contributed by atoms with Crippen LogP contribution in [0.1, 0.15) is 11.1 Å². The molecule has 2 aromatic carbocycles. The molecule has 0 saturated carbocycles. The van der Waals surface area contributed by atoms with Gasteiger partial charge in [-0.25, -0.2) is 5.84 Å². The zero-order valence-corrected chi connectivity index (χ0v) is 15.5. The lowest BCUT2D eigenvalue weighted by Gasteiger charge is -2.21. The number of amides is 1. The van der Waals surface area contributed by atoms with E-state index in [2.05, 4.69) is 41.6 Å². The lowest BCUT2D eigenvalue weighted by atomic mass is 10.2. The number of nitrogens with two attached hydrogens (primary N) is 1. The molecule has 2 aromatic rings. The molecule has 0 bridgehead atoms. The summed E-state index contributed by atoms with van der Waals surface area (Å²) in [5, 5.41) is 0. The number of ether oxygens (including phenoxy) is 1. The van der Waals surface area contributed by atoms with E-state index < -0.39 is 0 Å². The minimum atomic E-state index is -0.179.